The maximum absolute atomic E-state index is 12.5. The van der Waals surface area contributed by atoms with Crippen LogP contribution in [-0.4, -0.2) is 43.6 Å². The van der Waals surface area contributed by atoms with Crippen molar-refractivity contribution >= 4 is 29.2 Å². The molecule has 0 aliphatic carbocycles. The first kappa shape index (κ1) is 20.2. The number of anilines is 2. The number of amides is 2. The van der Waals surface area contributed by atoms with E-state index in [1.54, 1.807) is 55.6 Å². The van der Waals surface area contributed by atoms with Gasteiger partial charge in [0.25, 0.3) is 5.91 Å². The van der Waals surface area contributed by atoms with Crippen LogP contribution in [0.25, 0.3) is 0 Å². The summed E-state index contributed by atoms with van der Waals surface area (Å²) in [6.45, 7) is 2.89. The Morgan fingerprint density at radius 3 is 2.48 bits per heavy atom. The van der Waals surface area contributed by atoms with Crippen molar-refractivity contribution in [2.75, 3.05) is 23.9 Å². The van der Waals surface area contributed by atoms with Crippen LogP contribution in [0.1, 0.15) is 13.8 Å². The lowest BCUT2D eigenvalue weighted by atomic mass is 10.2. The zero-order chi connectivity index (χ0) is 21.0. The summed E-state index contributed by atoms with van der Waals surface area (Å²) in [6.07, 6.45) is -2.07. The maximum Gasteiger partial charge on any atom is 0.350 e. The highest BCUT2D eigenvalue weighted by Crippen LogP contribution is 2.33. The summed E-state index contributed by atoms with van der Waals surface area (Å²) < 4.78 is 16.0. The molecule has 152 valence electrons. The normalized spacial score (nSPS) is 16.1. The lowest BCUT2D eigenvalue weighted by molar-refractivity contribution is -0.160. The van der Waals surface area contributed by atoms with E-state index in [0.717, 1.165) is 0 Å². The summed E-state index contributed by atoms with van der Waals surface area (Å²) in [7, 11) is 1.55. The zero-order valence-corrected chi connectivity index (χ0v) is 16.4. The number of nitrogens with one attached hydrogen (secondary N) is 1. The van der Waals surface area contributed by atoms with Crippen molar-refractivity contribution in [3.63, 3.8) is 0 Å². The number of hydrogen-bond acceptors (Lipinski definition) is 6. The van der Waals surface area contributed by atoms with Crippen LogP contribution >= 0.6 is 0 Å². The highest BCUT2D eigenvalue weighted by atomic mass is 16.6. The van der Waals surface area contributed by atoms with Gasteiger partial charge in [-0.2, -0.15) is 0 Å². The van der Waals surface area contributed by atoms with Gasteiger partial charge in [-0.3, -0.25) is 9.59 Å². The predicted octanol–water partition coefficient (Wildman–Crippen LogP) is 2.38. The molecule has 1 aliphatic rings. The molecule has 2 atom stereocenters. The van der Waals surface area contributed by atoms with Crippen molar-refractivity contribution in [2.24, 2.45) is 0 Å². The molecule has 0 unspecified atom stereocenters. The molecule has 0 aromatic heterocycles. The van der Waals surface area contributed by atoms with Crippen molar-refractivity contribution in [3.8, 4) is 11.5 Å². The third kappa shape index (κ3) is 4.66. The number of carbonyl (C=O) groups excluding carboxylic acids is 3. The Kier molecular flexibility index (Phi) is 6.01. The molecular weight excluding hydrogens is 376 g/mol. The van der Waals surface area contributed by atoms with Crippen LogP contribution in [0.2, 0.25) is 0 Å². The summed E-state index contributed by atoms with van der Waals surface area (Å²) in [5.41, 5.74) is 1.14. The fraction of sp³-hybridized carbons (Fsp3) is 0.286. The first-order valence-electron chi connectivity index (χ1n) is 9.08. The van der Waals surface area contributed by atoms with E-state index < -0.39 is 24.1 Å². The molecule has 2 aromatic rings. The molecule has 1 N–H and O–H groups in total. The SMILES string of the molecule is COc1ccc(NC(=O)[C@@H](C)OC(=O)[C@H]2CN(C(C)=O)c3ccccc3O2)cc1. The van der Waals surface area contributed by atoms with E-state index in [9.17, 15) is 14.4 Å². The number of benzene rings is 2. The second kappa shape index (κ2) is 8.64. The number of carbonyl (C=O) groups is 3. The van der Waals surface area contributed by atoms with E-state index in [0.29, 0.717) is 22.9 Å². The highest BCUT2D eigenvalue weighted by Gasteiger charge is 2.35. The van der Waals surface area contributed by atoms with Gasteiger partial charge in [0.2, 0.25) is 12.0 Å². The molecule has 0 fully saturated rings. The number of hydrogen-bond donors (Lipinski definition) is 1. The minimum Gasteiger partial charge on any atom is -0.497 e. The van der Waals surface area contributed by atoms with E-state index in [-0.39, 0.29) is 12.5 Å². The molecule has 29 heavy (non-hydrogen) atoms. The van der Waals surface area contributed by atoms with Gasteiger partial charge in [0.15, 0.2) is 6.10 Å². The van der Waals surface area contributed by atoms with Crippen LogP contribution in [-0.2, 0) is 19.1 Å². The van der Waals surface area contributed by atoms with Gasteiger partial charge in [-0.25, -0.2) is 4.79 Å². The molecule has 1 aliphatic heterocycles. The average molecular weight is 398 g/mol. The lowest BCUT2D eigenvalue weighted by Crippen LogP contribution is -2.48. The van der Waals surface area contributed by atoms with Gasteiger partial charge >= 0.3 is 5.97 Å². The van der Waals surface area contributed by atoms with Gasteiger partial charge in [-0.1, -0.05) is 12.1 Å². The fourth-order valence-corrected chi connectivity index (χ4v) is 2.88. The number of rotatable bonds is 5. The van der Waals surface area contributed by atoms with Crippen LogP contribution < -0.4 is 19.7 Å². The van der Waals surface area contributed by atoms with Gasteiger partial charge in [0, 0.05) is 12.6 Å². The summed E-state index contributed by atoms with van der Waals surface area (Å²) in [5, 5.41) is 2.67. The molecule has 8 nitrogen and oxygen atoms in total. The lowest BCUT2D eigenvalue weighted by Gasteiger charge is -2.33. The molecular formula is C21H22N2O6. The Balaban J connectivity index is 1.63. The average Bonchev–Trinajstić information content (AvgIpc) is 2.73. The molecule has 0 radical (unpaired) electrons. The summed E-state index contributed by atoms with van der Waals surface area (Å²) in [6, 6.07) is 13.7. The molecule has 2 aromatic carbocycles. The second-order valence-electron chi connectivity index (χ2n) is 6.50. The molecule has 0 bridgehead atoms. The fourth-order valence-electron chi connectivity index (χ4n) is 2.88. The standard InChI is InChI=1S/C21H22N2O6/c1-13(20(25)22-15-8-10-16(27-3)11-9-15)28-21(26)19-12-23(14(2)24)17-6-4-5-7-18(17)29-19/h4-11,13,19H,12H2,1-3H3,(H,22,25)/t13-,19-/m1/s1. The Labute approximate surface area is 168 Å². The number of esters is 1. The molecule has 0 spiro atoms. The van der Waals surface area contributed by atoms with E-state index in [4.69, 9.17) is 14.2 Å². The topological polar surface area (TPSA) is 94.2 Å². The molecule has 8 heteroatoms. The Morgan fingerprint density at radius 2 is 1.83 bits per heavy atom. The van der Waals surface area contributed by atoms with E-state index >= 15 is 0 Å². The highest BCUT2D eigenvalue weighted by molar-refractivity contribution is 5.97. The quantitative estimate of drug-likeness (QED) is 0.778. The van der Waals surface area contributed by atoms with E-state index in [1.807, 2.05) is 0 Å². The predicted molar refractivity (Wildman–Crippen MR) is 106 cm³/mol. The Morgan fingerprint density at radius 1 is 1.14 bits per heavy atom. The van der Waals surface area contributed by atoms with Crippen molar-refractivity contribution in [1.29, 1.82) is 0 Å². The van der Waals surface area contributed by atoms with Gasteiger partial charge in [0.1, 0.15) is 11.5 Å². The minimum absolute atomic E-state index is 0.0119. The smallest absolute Gasteiger partial charge is 0.350 e. The van der Waals surface area contributed by atoms with Crippen molar-refractivity contribution in [3.05, 3.63) is 48.5 Å². The molecule has 1 heterocycles. The second-order valence-corrected chi connectivity index (χ2v) is 6.50. The van der Waals surface area contributed by atoms with E-state index in [2.05, 4.69) is 5.32 Å². The number of methoxy groups -OCH3 is 1. The molecule has 0 saturated heterocycles. The number of nitrogens with zero attached hydrogens (tertiary/aromatic N) is 1. The minimum atomic E-state index is -1.05. The zero-order valence-electron chi connectivity index (χ0n) is 16.4. The number of ether oxygens (including phenoxy) is 3. The van der Waals surface area contributed by atoms with Crippen LogP contribution in [0.15, 0.2) is 48.5 Å². The maximum atomic E-state index is 12.5. The largest absolute Gasteiger partial charge is 0.497 e. The van der Waals surface area contributed by atoms with Gasteiger partial charge < -0.3 is 24.4 Å². The summed E-state index contributed by atoms with van der Waals surface area (Å²) >= 11 is 0. The third-order valence-electron chi connectivity index (χ3n) is 4.44. The molecule has 0 saturated carbocycles. The molecule has 3 rings (SSSR count). The van der Waals surface area contributed by atoms with Crippen LogP contribution in [0.5, 0.6) is 11.5 Å². The Bertz CT molecular complexity index is 912. The monoisotopic (exact) mass is 398 g/mol. The van der Waals surface area contributed by atoms with Gasteiger partial charge in [-0.05, 0) is 43.3 Å². The number of para-hydroxylation sites is 2. The van der Waals surface area contributed by atoms with Crippen LogP contribution in [0, 0.1) is 0 Å². The van der Waals surface area contributed by atoms with Crippen LogP contribution in [0.4, 0.5) is 11.4 Å². The van der Waals surface area contributed by atoms with E-state index in [1.165, 1.54) is 18.7 Å². The van der Waals surface area contributed by atoms with Crippen LogP contribution in [0.3, 0.4) is 0 Å². The van der Waals surface area contributed by atoms with Crippen molar-refractivity contribution < 1.29 is 28.6 Å². The first-order valence-corrected chi connectivity index (χ1v) is 9.08. The van der Waals surface area contributed by atoms with Crippen molar-refractivity contribution in [2.45, 2.75) is 26.1 Å². The summed E-state index contributed by atoms with van der Waals surface area (Å²) in [5.74, 6) is -0.353. The van der Waals surface area contributed by atoms with Gasteiger partial charge in [0.05, 0.1) is 19.3 Å². The number of fused-ring (bicyclic) bond motifs is 1. The van der Waals surface area contributed by atoms with Gasteiger partial charge in [-0.15, -0.1) is 0 Å². The third-order valence-corrected chi connectivity index (χ3v) is 4.44. The Hall–Kier alpha value is -3.55. The summed E-state index contributed by atoms with van der Waals surface area (Å²) in [4.78, 5) is 38.3. The van der Waals surface area contributed by atoms with Crippen molar-refractivity contribution in [1.82, 2.24) is 0 Å². The first-order chi connectivity index (χ1) is 13.9. The molecule has 2 amide bonds.